The summed E-state index contributed by atoms with van der Waals surface area (Å²) >= 11 is 0. The fraction of sp³-hybridized carbons (Fsp3) is 0.538. The lowest BCUT2D eigenvalue weighted by Gasteiger charge is -2.30. The number of nitrogens with zero attached hydrogens (tertiary/aromatic N) is 1. The number of nitriles is 1. The zero-order valence-corrected chi connectivity index (χ0v) is 10.3. The molecular weight excluding hydrogens is 202 g/mol. The van der Waals surface area contributed by atoms with Crippen molar-refractivity contribution in [2.24, 2.45) is 5.41 Å². The van der Waals surface area contributed by atoms with E-state index in [4.69, 9.17) is 5.26 Å². The van der Waals surface area contributed by atoms with Crippen LogP contribution < -0.4 is 0 Å². The molecule has 16 heavy (non-hydrogen) atoms. The number of hydrogen-bond donors (Lipinski definition) is 0. The zero-order chi connectivity index (χ0) is 12.3. The molecule has 0 saturated heterocycles. The molecule has 0 bridgehead atoms. The maximum atomic E-state index is 11.4. The molecule has 1 aliphatic carbocycles. The SMILES string of the molecule is COC(=O)/C(C#N)=C1\C=C(C)CC(C)(C)C1. The quantitative estimate of drug-likeness (QED) is 0.387. The van der Waals surface area contributed by atoms with Crippen molar-refractivity contribution in [2.45, 2.75) is 33.6 Å². The van der Waals surface area contributed by atoms with Gasteiger partial charge in [-0.2, -0.15) is 5.26 Å². The third kappa shape index (κ3) is 2.73. The van der Waals surface area contributed by atoms with Crippen LogP contribution in [0.3, 0.4) is 0 Å². The largest absolute Gasteiger partial charge is 0.465 e. The first-order chi connectivity index (χ1) is 7.39. The van der Waals surface area contributed by atoms with Gasteiger partial charge in [-0.05, 0) is 30.8 Å². The van der Waals surface area contributed by atoms with Crippen LogP contribution in [0.1, 0.15) is 33.6 Å². The van der Waals surface area contributed by atoms with Crippen LogP contribution in [0, 0.1) is 16.7 Å². The smallest absolute Gasteiger partial charge is 0.348 e. The molecule has 0 aromatic rings. The van der Waals surface area contributed by atoms with Gasteiger partial charge in [0.15, 0.2) is 0 Å². The molecule has 3 nitrogen and oxygen atoms in total. The van der Waals surface area contributed by atoms with Crippen molar-refractivity contribution in [2.75, 3.05) is 7.11 Å². The van der Waals surface area contributed by atoms with Crippen molar-refractivity contribution >= 4 is 5.97 Å². The van der Waals surface area contributed by atoms with Gasteiger partial charge in [-0.3, -0.25) is 0 Å². The number of allylic oxidation sites excluding steroid dienone is 3. The van der Waals surface area contributed by atoms with E-state index < -0.39 is 5.97 Å². The van der Waals surface area contributed by atoms with Gasteiger partial charge < -0.3 is 4.74 Å². The highest BCUT2D eigenvalue weighted by Crippen LogP contribution is 2.38. The second-order valence-electron chi connectivity index (χ2n) is 5.01. The average molecular weight is 219 g/mol. The van der Waals surface area contributed by atoms with Crippen molar-refractivity contribution in [1.29, 1.82) is 5.26 Å². The van der Waals surface area contributed by atoms with Crippen molar-refractivity contribution in [1.82, 2.24) is 0 Å². The lowest BCUT2D eigenvalue weighted by molar-refractivity contribution is -0.135. The molecule has 0 saturated carbocycles. The topological polar surface area (TPSA) is 50.1 Å². The minimum atomic E-state index is -0.542. The first-order valence-corrected chi connectivity index (χ1v) is 5.28. The molecule has 0 N–H and O–H groups in total. The van der Waals surface area contributed by atoms with Crippen LogP contribution in [0.15, 0.2) is 22.8 Å². The van der Waals surface area contributed by atoms with E-state index in [9.17, 15) is 4.79 Å². The van der Waals surface area contributed by atoms with E-state index in [0.29, 0.717) is 0 Å². The van der Waals surface area contributed by atoms with Gasteiger partial charge in [0.25, 0.3) is 0 Å². The molecule has 0 heterocycles. The summed E-state index contributed by atoms with van der Waals surface area (Å²) in [4.78, 5) is 11.4. The third-order valence-electron chi connectivity index (χ3n) is 2.67. The fourth-order valence-electron chi connectivity index (χ4n) is 2.24. The summed E-state index contributed by atoms with van der Waals surface area (Å²) in [7, 11) is 1.30. The monoisotopic (exact) mass is 219 g/mol. The highest BCUT2D eigenvalue weighted by Gasteiger charge is 2.27. The van der Waals surface area contributed by atoms with Crippen LogP contribution in [0.2, 0.25) is 0 Å². The maximum absolute atomic E-state index is 11.4. The van der Waals surface area contributed by atoms with Gasteiger partial charge in [-0.15, -0.1) is 0 Å². The Morgan fingerprint density at radius 2 is 2.12 bits per heavy atom. The van der Waals surface area contributed by atoms with E-state index in [2.05, 4.69) is 18.6 Å². The van der Waals surface area contributed by atoms with Gasteiger partial charge in [0.1, 0.15) is 11.6 Å². The number of hydrogen-bond acceptors (Lipinski definition) is 3. The Morgan fingerprint density at radius 3 is 2.56 bits per heavy atom. The normalized spacial score (nSPS) is 21.8. The number of rotatable bonds is 1. The second kappa shape index (κ2) is 4.52. The minimum absolute atomic E-state index is 0.101. The molecule has 3 heteroatoms. The Balaban J connectivity index is 3.21. The summed E-state index contributed by atoms with van der Waals surface area (Å²) in [5.74, 6) is -0.542. The molecule has 1 aliphatic rings. The summed E-state index contributed by atoms with van der Waals surface area (Å²) in [5.41, 5.74) is 2.23. The molecule has 0 amide bonds. The number of esters is 1. The van der Waals surface area contributed by atoms with E-state index in [0.717, 1.165) is 18.4 Å². The molecule has 0 spiro atoms. The maximum Gasteiger partial charge on any atom is 0.348 e. The van der Waals surface area contributed by atoms with E-state index in [1.807, 2.05) is 19.1 Å². The Bertz CT molecular complexity index is 408. The van der Waals surface area contributed by atoms with Gasteiger partial charge in [0.05, 0.1) is 7.11 Å². The highest BCUT2D eigenvalue weighted by molar-refractivity contribution is 5.94. The van der Waals surface area contributed by atoms with Crippen LogP contribution in [0.25, 0.3) is 0 Å². The Morgan fingerprint density at radius 1 is 1.50 bits per heavy atom. The fourth-order valence-corrected chi connectivity index (χ4v) is 2.24. The average Bonchev–Trinajstić information content (AvgIpc) is 2.15. The van der Waals surface area contributed by atoms with Gasteiger partial charge in [-0.1, -0.05) is 25.5 Å². The summed E-state index contributed by atoms with van der Waals surface area (Å²) in [6, 6.07) is 1.94. The molecule has 0 aromatic carbocycles. The molecule has 0 radical (unpaired) electrons. The zero-order valence-electron chi connectivity index (χ0n) is 10.3. The molecular formula is C13H17NO2. The molecule has 1 rings (SSSR count). The lowest BCUT2D eigenvalue weighted by atomic mass is 9.74. The van der Waals surface area contributed by atoms with Crippen LogP contribution in [-0.4, -0.2) is 13.1 Å². The van der Waals surface area contributed by atoms with Crippen molar-refractivity contribution < 1.29 is 9.53 Å². The molecule has 0 atom stereocenters. The Labute approximate surface area is 96.4 Å². The standard InChI is InChI=1S/C13H17NO2/c1-9-5-10(7-13(2,3)6-9)11(8-14)12(15)16-4/h5H,6-7H2,1-4H3/b11-10+. The Hall–Kier alpha value is -1.56. The van der Waals surface area contributed by atoms with Crippen molar-refractivity contribution in [3.05, 3.63) is 22.8 Å². The third-order valence-corrected chi connectivity index (χ3v) is 2.67. The van der Waals surface area contributed by atoms with Gasteiger partial charge >= 0.3 is 5.97 Å². The molecule has 0 aromatic heterocycles. The number of ether oxygens (including phenoxy) is 1. The van der Waals surface area contributed by atoms with E-state index in [1.54, 1.807) is 0 Å². The number of carbonyl (C=O) groups excluding carboxylic acids is 1. The van der Waals surface area contributed by atoms with Crippen LogP contribution in [0.5, 0.6) is 0 Å². The number of methoxy groups -OCH3 is 1. The lowest BCUT2D eigenvalue weighted by Crippen LogP contribution is -2.19. The van der Waals surface area contributed by atoms with E-state index in [-0.39, 0.29) is 11.0 Å². The number of carbonyl (C=O) groups is 1. The summed E-state index contributed by atoms with van der Waals surface area (Å²) < 4.78 is 4.61. The van der Waals surface area contributed by atoms with Crippen LogP contribution in [0.4, 0.5) is 0 Å². The molecule has 86 valence electrons. The molecule has 0 unspecified atom stereocenters. The first kappa shape index (κ1) is 12.5. The van der Waals surface area contributed by atoms with Gasteiger partial charge in [0, 0.05) is 0 Å². The van der Waals surface area contributed by atoms with E-state index >= 15 is 0 Å². The van der Waals surface area contributed by atoms with Crippen LogP contribution in [-0.2, 0) is 9.53 Å². The highest BCUT2D eigenvalue weighted by atomic mass is 16.5. The molecule has 0 aliphatic heterocycles. The predicted molar refractivity (Wildman–Crippen MR) is 61.4 cm³/mol. The van der Waals surface area contributed by atoms with Crippen molar-refractivity contribution in [3.63, 3.8) is 0 Å². The first-order valence-electron chi connectivity index (χ1n) is 5.28. The summed E-state index contributed by atoms with van der Waals surface area (Å²) in [5, 5.41) is 9.00. The minimum Gasteiger partial charge on any atom is -0.465 e. The van der Waals surface area contributed by atoms with Crippen molar-refractivity contribution in [3.8, 4) is 6.07 Å². The predicted octanol–water partition coefficient (Wildman–Crippen LogP) is 2.75. The Kier molecular flexibility index (Phi) is 3.54. The second-order valence-corrected chi connectivity index (χ2v) is 5.01. The van der Waals surface area contributed by atoms with E-state index in [1.165, 1.54) is 12.7 Å². The summed E-state index contributed by atoms with van der Waals surface area (Å²) in [6.45, 7) is 6.29. The van der Waals surface area contributed by atoms with Crippen LogP contribution >= 0.6 is 0 Å². The summed E-state index contributed by atoms with van der Waals surface area (Å²) in [6.07, 6.45) is 3.67. The van der Waals surface area contributed by atoms with Gasteiger partial charge in [-0.25, -0.2) is 4.79 Å². The molecule has 0 fully saturated rings. The van der Waals surface area contributed by atoms with Gasteiger partial charge in [0.2, 0.25) is 0 Å².